The molecule has 0 unspecified atom stereocenters. The summed E-state index contributed by atoms with van der Waals surface area (Å²) in [7, 11) is 3.31. The molecule has 0 aliphatic carbocycles. The van der Waals surface area contributed by atoms with Crippen LogP contribution in [0.3, 0.4) is 0 Å². The first-order valence-corrected chi connectivity index (χ1v) is 10.2. The first-order valence-electron chi connectivity index (χ1n) is 10.2. The molecule has 0 saturated carbocycles. The maximum atomic E-state index is 13.1. The minimum Gasteiger partial charge on any atom is -0.494 e. The molecule has 0 fully saturated rings. The van der Waals surface area contributed by atoms with Crippen molar-refractivity contribution in [2.45, 2.75) is 13.5 Å². The second-order valence-corrected chi connectivity index (χ2v) is 7.26. The number of benzene rings is 2. The highest BCUT2D eigenvalue weighted by Gasteiger charge is 2.18. The lowest BCUT2D eigenvalue weighted by molar-refractivity contribution is 0.340. The first-order chi connectivity index (χ1) is 15.5. The Morgan fingerprint density at radius 2 is 1.75 bits per heavy atom. The summed E-state index contributed by atoms with van der Waals surface area (Å²) in [5.74, 6) is 1.15. The molecule has 2 aromatic carbocycles. The van der Waals surface area contributed by atoms with E-state index in [1.165, 1.54) is 9.13 Å². The average Bonchev–Trinajstić information content (AvgIpc) is 3.14. The second kappa shape index (κ2) is 8.93. The van der Waals surface area contributed by atoms with Crippen LogP contribution in [0.4, 0.5) is 5.95 Å². The summed E-state index contributed by atoms with van der Waals surface area (Å²) >= 11 is 0. The minimum absolute atomic E-state index is 0.187. The molecule has 164 valence electrons. The van der Waals surface area contributed by atoms with Gasteiger partial charge in [0.25, 0.3) is 5.56 Å². The van der Waals surface area contributed by atoms with E-state index in [9.17, 15) is 9.59 Å². The largest absolute Gasteiger partial charge is 0.494 e. The van der Waals surface area contributed by atoms with Gasteiger partial charge < -0.3 is 9.30 Å². The van der Waals surface area contributed by atoms with Gasteiger partial charge in [-0.25, -0.2) is 10.2 Å². The van der Waals surface area contributed by atoms with E-state index in [0.29, 0.717) is 23.7 Å². The van der Waals surface area contributed by atoms with Gasteiger partial charge >= 0.3 is 5.69 Å². The Labute approximate surface area is 184 Å². The lowest BCUT2D eigenvalue weighted by atomic mass is 10.2. The number of nitrogens with one attached hydrogen (secondary N) is 1. The van der Waals surface area contributed by atoms with E-state index in [2.05, 4.69) is 15.5 Å². The van der Waals surface area contributed by atoms with Gasteiger partial charge in [0.15, 0.2) is 11.2 Å². The maximum absolute atomic E-state index is 13.1. The number of nitrogens with zero attached hydrogens (tertiary/aromatic N) is 5. The molecule has 9 heteroatoms. The number of hydrogen-bond acceptors (Lipinski definition) is 6. The lowest BCUT2D eigenvalue weighted by Gasteiger charge is -2.08. The van der Waals surface area contributed by atoms with Crippen molar-refractivity contribution in [1.29, 1.82) is 0 Å². The molecule has 2 heterocycles. The highest BCUT2D eigenvalue weighted by Crippen LogP contribution is 2.14. The zero-order valence-electron chi connectivity index (χ0n) is 18.1. The van der Waals surface area contributed by atoms with Crippen molar-refractivity contribution in [2.24, 2.45) is 19.2 Å². The summed E-state index contributed by atoms with van der Waals surface area (Å²) in [6, 6.07) is 16.9. The van der Waals surface area contributed by atoms with Gasteiger partial charge in [0.1, 0.15) is 5.75 Å². The lowest BCUT2D eigenvalue weighted by Crippen LogP contribution is -2.39. The summed E-state index contributed by atoms with van der Waals surface area (Å²) in [4.78, 5) is 30.4. The van der Waals surface area contributed by atoms with E-state index in [-0.39, 0.29) is 6.54 Å². The second-order valence-electron chi connectivity index (χ2n) is 7.26. The number of hydrogen-bond donors (Lipinski definition) is 1. The topological polar surface area (TPSA) is 95.4 Å². The Kier molecular flexibility index (Phi) is 5.89. The fourth-order valence-corrected chi connectivity index (χ4v) is 3.43. The van der Waals surface area contributed by atoms with Crippen LogP contribution in [0.25, 0.3) is 11.2 Å². The van der Waals surface area contributed by atoms with Crippen molar-refractivity contribution in [2.75, 3.05) is 12.0 Å². The predicted octanol–water partition coefficient (Wildman–Crippen LogP) is 2.33. The van der Waals surface area contributed by atoms with Gasteiger partial charge in [-0.3, -0.25) is 13.9 Å². The van der Waals surface area contributed by atoms with E-state index in [1.54, 1.807) is 24.9 Å². The standard InChI is InChI=1S/C23H24N6O3/c1-4-32-18-12-10-16(11-13-18)14-24-26-22-25-20-19(27(22)2)21(30)29(23(31)28(20)3)15-17-8-6-5-7-9-17/h5-14H,4,15H2,1-3H3,(H,25,26)/b24-14-. The molecule has 0 bridgehead atoms. The van der Waals surface area contributed by atoms with Crippen LogP contribution in [0.1, 0.15) is 18.1 Å². The average molecular weight is 432 g/mol. The number of hydrazone groups is 1. The van der Waals surface area contributed by atoms with Crippen molar-refractivity contribution < 1.29 is 4.74 Å². The number of ether oxygens (including phenoxy) is 1. The minimum atomic E-state index is -0.422. The highest BCUT2D eigenvalue weighted by atomic mass is 16.5. The molecule has 0 aliphatic rings. The van der Waals surface area contributed by atoms with Crippen LogP contribution >= 0.6 is 0 Å². The Bertz CT molecular complexity index is 1380. The van der Waals surface area contributed by atoms with Crippen molar-refractivity contribution >= 4 is 23.3 Å². The molecular formula is C23H24N6O3. The molecule has 1 N–H and O–H groups in total. The van der Waals surface area contributed by atoms with E-state index in [1.807, 2.05) is 61.5 Å². The maximum Gasteiger partial charge on any atom is 0.332 e. The van der Waals surface area contributed by atoms with E-state index >= 15 is 0 Å². The van der Waals surface area contributed by atoms with Crippen molar-refractivity contribution in [3.63, 3.8) is 0 Å². The van der Waals surface area contributed by atoms with E-state index < -0.39 is 11.2 Å². The molecule has 4 rings (SSSR count). The quantitative estimate of drug-likeness (QED) is 0.357. The van der Waals surface area contributed by atoms with E-state index in [4.69, 9.17) is 4.74 Å². The summed E-state index contributed by atoms with van der Waals surface area (Å²) in [5.41, 5.74) is 4.40. The zero-order chi connectivity index (χ0) is 22.7. The Hall–Kier alpha value is -4.14. The third kappa shape index (κ3) is 4.04. The van der Waals surface area contributed by atoms with Gasteiger partial charge in [0.05, 0.1) is 19.4 Å². The molecule has 0 radical (unpaired) electrons. The molecule has 0 aliphatic heterocycles. The predicted molar refractivity (Wildman–Crippen MR) is 125 cm³/mol. The van der Waals surface area contributed by atoms with Gasteiger partial charge in [0, 0.05) is 14.1 Å². The molecule has 32 heavy (non-hydrogen) atoms. The van der Waals surface area contributed by atoms with Gasteiger partial charge in [-0.15, -0.1) is 0 Å². The molecule has 0 amide bonds. The normalized spacial score (nSPS) is 11.3. The molecule has 4 aromatic rings. The molecule has 2 aromatic heterocycles. The number of anilines is 1. The van der Waals surface area contributed by atoms with Gasteiger partial charge in [-0.2, -0.15) is 10.1 Å². The van der Waals surface area contributed by atoms with Crippen LogP contribution in [-0.4, -0.2) is 31.5 Å². The Morgan fingerprint density at radius 1 is 1.03 bits per heavy atom. The monoisotopic (exact) mass is 432 g/mol. The van der Waals surface area contributed by atoms with Crippen molar-refractivity contribution in [3.8, 4) is 5.75 Å². The van der Waals surface area contributed by atoms with Crippen molar-refractivity contribution in [1.82, 2.24) is 18.7 Å². The SMILES string of the molecule is CCOc1ccc(/C=N\Nc2nc3c(c(=O)n(Cc4ccccc4)c(=O)n3C)n2C)cc1. The van der Waals surface area contributed by atoms with Gasteiger partial charge in [-0.1, -0.05) is 30.3 Å². The summed E-state index contributed by atoms with van der Waals surface area (Å²) in [6.07, 6.45) is 1.64. The number of aromatic nitrogens is 4. The summed E-state index contributed by atoms with van der Waals surface area (Å²) in [5, 5.41) is 4.22. The molecule has 0 atom stereocenters. The fraction of sp³-hybridized carbons (Fsp3) is 0.217. The van der Waals surface area contributed by atoms with E-state index in [0.717, 1.165) is 16.9 Å². The Balaban J connectivity index is 1.64. The number of imidazole rings is 1. The Morgan fingerprint density at radius 3 is 2.44 bits per heavy atom. The van der Waals surface area contributed by atoms with Gasteiger partial charge in [-0.05, 0) is 42.3 Å². The van der Waals surface area contributed by atoms with Crippen LogP contribution < -0.4 is 21.4 Å². The van der Waals surface area contributed by atoms with Crippen LogP contribution in [0.5, 0.6) is 5.75 Å². The molecular weight excluding hydrogens is 408 g/mol. The smallest absolute Gasteiger partial charge is 0.332 e. The van der Waals surface area contributed by atoms with Crippen LogP contribution in [-0.2, 0) is 20.6 Å². The fourth-order valence-electron chi connectivity index (χ4n) is 3.43. The van der Waals surface area contributed by atoms with Crippen molar-refractivity contribution in [3.05, 3.63) is 86.6 Å². The zero-order valence-corrected chi connectivity index (χ0v) is 18.1. The third-order valence-electron chi connectivity index (χ3n) is 5.11. The number of aryl methyl sites for hydroxylation is 2. The number of fused-ring (bicyclic) bond motifs is 1. The van der Waals surface area contributed by atoms with Crippen LogP contribution in [0.15, 0.2) is 69.3 Å². The third-order valence-corrected chi connectivity index (χ3v) is 5.11. The molecule has 9 nitrogen and oxygen atoms in total. The highest BCUT2D eigenvalue weighted by molar-refractivity contribution is 5.80. The molecule has 0 spiro atoms. The summed E-state index contributed by atoms with van der Waals surface area (Å²) in [6.45, 7) is 2.73. The number of rotatable bonds is 7. The molecule has 0 saturated heterocycles. The summed E-state index contributed by atoms with van der Waals surface area (Å²) < 4.78 is 9.63. The first kappa shape index (κ1) is 21.1. The van der Waals surface area contributed by atoms with Crippen LogP contribution in [0.2, 0.25) is 0 Å². The van der Waals surface area contributed by atoms with Crippen LogP contribution in [0, 0.1) is 0 Å². The van der Waals surface area contributed by atoms with Gasteiger partial charge in [0.2, 0.25) is 5.95 Å².